The van der Waals surface area contributed by atoms with Crippen molar-refractivity contribution in [3.63, 3.8) is 0 Å². The standard InChI is InChI=1S/C11H17N3O4/c1-5-4-14(11(17)13-10(5)16)8-3-7(12)9(18-8)6(2)15/h4,6-9,15H,3,12H2,1-2H3,(H,13,16,17)/t6-,7-,8+,9-/m0/s1. The van der Waals surface area contributed by atoms with Gasteiger partial charge in [-0.05, 0) is 13.8 Å². The van der Waals surface area contributed by atoms with E-state index < -0.39 is 29.7 Å². The number of aromatic amines is 1. The average Bonchev–Trinajstić information content (AvgIpc) is 2.65. The van der Waals surface area contributed by atoms with Gasteiger partial charge in [0.1, 0.15) is 12.3 Å². The van der Waals surface area contributed by atoms with Gasteiger partial charge in [0.05, 0.1) is 6.10 Å². The zero-order chi connectivity index (χ0) is 13.4. The minimum atomic E-state index is -0.704. The van der Waals surface area contributed by atoms with Crippen LogP contribution >= 0.6 is 0 Å². The van der Waals surface area contributed by atoms with Crippen LogP contribution in [-0.4, -0.2) is 32.9 Å². The molecular formula is C11H17N3O4. The molecule has 1 saturated heterocycles. The van der Waals surface area contributed by atoms with Crippen molar-refractivity contribution in [1.82, 2.24) is 9.55 Å². The van der Waals surface area contributed by atoms with Gasteiger partial charge >= 0.3 is 5.69 Å². The summed E-state index contributed by atoms with van der Waals surface area (Å²) >= 11 is 0. The van der Waals surface area contributed by atoms with Gasteiger partial charge in [-0.3, -0.25) is 14.3 Å². The summed E-state index contributed by atoms with van der Waals surface area (Å²) in [4.78, 5) is 25.2. The highest BCUT2D eigenvalue weighted by Gasteiger charge is 2.37. The Kier molecular flexibility index (Phi) is 3.38. The summed E-state index contributed by atoms with van der Waals surface area (Å²) < 4.78 is 6.87. The van der Waals surface area contributed by atoms with E-state index in [1.54, 1.807) is 13.8 Å². The Bertz CT molecular complexity index is 548. The van der Waals surface area contributed by atoms with Gasteiger partial charge < -0.3 is 15.6 Å². The monoisotopic (exact) mass is 255 g/mol. The topological polar surface area (TPSA) is 110 Å². The van der Waals surface area contributed by atoms with Crippen molar-refractivity contribution < 1.29 is 9.84 Å². The summed E-state index contributed by atoms with van der Waals surface area (Å²) in [6.45, 7) is 3.20. The predicted molar refractivity (Wildman–Crippen MR) is 64.2 cm³/mol. The molecule has 1 fully saturated rings. The molecule has 0 bridgehead atoms. The lowest BCUT2D eigenvalue weighted by atomic mass is 10.1. The van der Waals surface area contributed by atoms with Crippen molar-refractivity contribution >= 4 is 0 Å². The van der Waals surface area contributed by atoms with E-state index in [0.717, 1.165) is 0 Å². The second-order valence-electron chi connectivity index (χ2n) is 4.67. The van der Waals surface area contributed by atoms with E-state index in [0.29, 0.717) is 12.0 Å². The number of nitrogens with two attached hydrogens (primary N) is 1. The summed E-state index contributed by atoms with van der Waals surface area (Å²) in [7, 11) is 0. The van der Waals surface area contributed by atoms with Crippen molar-refractivity contribution in [3.05, 3.63) is 32.6 Å². The summed E-state index contributed by atoms with van der Waals surface area (Å²) in [5, 5.41) is 9.51. The predicted octanol–water partition coefficient (Wildman–Crippen LogP) is -1.16. The Hall–Kier alpha value is -1.44. The molecule has 100 valence electrons. The summed E-state index contributed by atoms with van der Waals surface area (Å²) in [6, 6.07) is -0.339. The van der Waals surface area contributed by atoms with Gasteiger partial charge in [0, 0.05) is 24.2 Å². The Morgan fingerprint density at radius 1 is 1.61 bits per heavy atom. The van der Waals surface area contributed by atoms with Crippen molar-refractivity contribution in [3.8, 4) is 0 Å². The molecule has 0 amide bonds. The van der Waals surface area contributed by atoms with E-state index >= 15 is 0 Å². The zero-order valence-corrected chi connectivity index (χ0v) is 10.3. The lowest BCUT2D eigenvalue weighted by Gasteiger charge is -2.18. The van der Waals surface area contributed by atoms with E-state index in [1.807, 2.05) is 0 Å². The fraction of sp³-hybridized carbons (Fsp3) is 0.636. The van der Waals surface area contributed by atoms with Crippen LogP contribution in [0, 0.1) is 6.92 Å². The third-order valence-corrected chi connectivity index (χ3v) is 3.14. The van der Waals surface area contributed by atoms with Gasteiger partial charge in [0.2, 0.25) is 0 Å². The fourth-order valence-corrected chi connectivity index (χ4v) is 2.16. The van der Waals surface area contributed by atoms with Crippen molar-refractivity contribution in [2.24, 2.45) is 5.73 Å². The first-order valence-electron chi connectivity index (χ1n) is 5.81. The molecule has 1 aromatic rings. The van der Waals surface area contributed by atoms with Gasteiger partial charge in [-0.15, -0.1) is 0 Å². The molecule has 18 heavy (non-hydrogen) atoms. The second-order valence-corrected chi connectivity index (χ2v) is 4.67. The molecular weight excluding hydrogens is 238 g/mol. The van der Waals surface area contributed by atoms with Crippen LogP contribution in [0.5, 0.6) is 0 Å². The average molecular weight is 255 g/mol. The number of aryl methyl sites for hydroxylation is 1. The van der Waals surface area contributed by atoms with Crippen molar-refractivity contribution in [2.45, 2.75) is 44.7 Å². The van der Waals surface area contributed by atoms with Crippen LogP contribution in [0.2, 0.25) is 0 Å². The number of aliphatic hydroxyl groups is 1. The summed E-state index contributed by atoms with van der Waals surface area (Å²) in [5.41, 5.74) is 5.33. The maximum absolute atomic E-state index is 11.7. The number of nitrogens with zero attached hydrogens (tertiary/aromatic N) is 1. The smallest absolute Gasteiger partial charge is 0.330 e. The Morgan fingerprint density at radius 3 is 2.83 bits per heavy atom. The quantitative estimate of drug-likeness (QED) is 0.617. The highest BCUT2D eigenvalue weighted by Crippen LogP contribution is 2.28. The van der Waals surface area contributed by atoms with Crippen LogP contribution in [0.25, 0.3) is 0 Å². The highest BCUT2D eigenvalue weighted by atomic mass is 16.5. The molecule has 7 nitrogen and oxygen atoms in total. The molecule has 1 aliphatic heterocycles. The Morgan fingerprint density at radius 2 is 2.28 bits per heavy atom. The first-order chi connectivity index (χ1) is 8.40. The molecule has 0 aliphatic carbocycles. The fourth-order valence-electron chi connectivity index (χ4n) is 2.16. The van der Waals surface area contributed by atoms with E-state index in [1.165, 1.54) is 10.8 Å². The lowest BCUT2D eigenvalue weighted by molar-refractivity contribution is -0.0575. The number of H-pyrrole nitrogens is 1. The summed E-state index contributed by atoms with van der Waals surface area (Å²) in [5.74, 6) is 0. The molecule has 0 spiro atoms. The van der Waals surface area contributed by atoms with Crippen LogP contribution < -0.4 is 17.0 Å². The highest BCUT2D eigenvalue weighted by molar-refractivity contribution is 5.02. The van der Waals surface area contributed by atoms with Crippen LogP contribution in [0.15, 0.2) is 15.8 Å². The number of hydrogen-bond donors (Lipinski definition) is 3. The molecule has 2 heterocycles. The first-order valence-corrected chi connectivity index (χ1v) is 5.81. The van der Waals surface area contributed by atoms with Crippen molar-refractivity contribution in [2.75, 3.05) is 0 Å². The zero-order valence-electron chi connectivity index (χ0n) is 10.3. The van der Waals surface area contributed by atoms with E-state index in [9.17, 15) is 14.7 Å². The van der Waals surface area contributed by atoms with Gasteiger partial charge in [-0.1, -0.05) is 0 Å². The maximum Gasteiger partial charge on any atom is 0.330 e. The molecule has 1 aromatic heterocycles. The number of ether oxygens (including phenoxy) is 1. The van der Waals surface area contributed by atoms with Crippen LogP contribution in [0.3, 0.4) is 0 Å². The lowest BCUT2D eigenvalue weighted by Crippen LogP contribution is -2.38. The number of hydrogen-bond acceptors (Lipinski definition) is 5. The van der Waals surface area contributed by atoms with Gasteiger partial charge in [-0.25, -0.2) is 4.79 Å². The first kappa shape index (κ1) is 13.0. The van der Waals surface area contributed by atoms with Crippen LogP contribution in [-0.2, 0) is 4.74 Å². The van der Waals surface area contributed by atoms with E-state index in [4.69, 9.17) is 10.5 Å². The number of nitrogens with one attached hydrogen (secondary N) is 1. The minimum Gasteiger partial charge on any atom is -0.391 e. The second kappa shape index (κ2) is 4.68. The number of aliphatic hydroxyl groups excluding tert-OH is 1. The number of aromatic nitrogens is 2. The molecule has 0 unspecified atom stereocenters. The summed E-state index contributed by atoms with van der Waals surface area (Å²) in [6.07, 6.45) is 0.102. The maximum atomic E-state index is 11.7. The molecule has 4 atom stereocenters. The molecule has 0 radical (unpaired) electrons. The molecule has 7 heteroatoms. The van der Waals surface area contributed by atoms with E-state index in [-0.39, 0.29) is 6.04 Å². The van der Waals surface area contributed by atoms with Crippen molar-refractivity contribution in [1.29, 1.82) is 0 Å². The van der Waals surface area contributed by atoms with Crippen LogP contribution in [0.1, 0.15) is 25.1 Å². The normalized spacial score (nSPS) is 29.4. The molecule has 1 aliphatic rings. The third-order valence-electron chi connectivity index (χ3n) is 3.14. The largest absolute Gasteiger partial charge is 0.391 e. The van der Waals surface area contributed by atoms with E-state index in [2.05, 4.69) is 4.98 Å². The SMILES string of the molecule is Cc1cn([C@H]2C[C@H](N)[C@H]([C@H](C)O)O2)c(=O)[nH]c1=O. The molecule has 2 rings (SSSR count). The third kappa shape index (κ3) is 2.24. The Balaban J connectivity index is 2.32. The molecule has 0 saturated carbocycles. The van der Waals surface area contributed by atoms with Crippen LogP contribution in [0.4, 0.5) is 0 Å². The van der Waals surface area contributed by atoms with Gasteiger partial charge in [-0.2, -0.15) is 0 Å². The minimum absolute atomic E-state index is 0.339. The van der Waals surface area contributed by atoms with Gasteiger partial charge in [0.25, 0.3) is 5.56 Å². The van der Waals surface area contributed by atoms with Gasteiger partial charge in [0.15, 0.2) is 0 Å². The molecule has 4 N–H and O–H groups in total. The Labute approximate surface area is 103 Å². The molecule has 0 aromatic carbocycles. The number of rotatable bonds is 2.